The highest BCUT2D eigenvalue weighted by Crippen LogP contribution is 2.62. The summed E-state index contributed by atoms with van der Waals surface area (Å²) in [6.07, 6.45) is 6.58. The number of benzene rings is 1. The normalized spacial score (nSPS) is 38.6. The van der Waals surface area contributed by atoms with Gasteiger partial charge in [-0.15, -0.1) is 0 Å². The van der Waals surface area contributed by atoms with E-state index in [4.69, 9.17) is 22.1 Å². The van der Waals surface area contributed by atoms with E-state index in [1.54, 1.807) is 18.6 Å². The summed E-state index contributed by atoms with van der Waals surface area (Å²) < 4.78 is 51.1. The zero-order valence-corrected chi connectivity index (χ0v) is 15.7. The molecule has 3 aliphatic rings. The third-order valence-electron chi connectivity index (χ3n) is 6.64. The van der Waals surface area contributed by atoms with Crippen LogP contribution in [0, 0.1) is 11.3 Å². The minimum atomic E-state index is -2.47. The van der Waals surface area contributed by atoms with Gasteiger partial charge < -0.3 is 15.2 Å². The zero-order chi connectivity index (χ0) is 23.6. The van der Waals surface area contributed by atoms with Crippen LogP contribution >= 0.6 is 0 Å². The van der Waals surface area contributed by atoms with Crippen LogP contribution in [0.25, 0.3) is 11.3 Å². The molecule has 0 amide bonds. The highest BCUT2D eigenvalue weighted by atomic mass is 16.5. The Kier molecular flexibility index (Phi) is 2.89. The van der Waals surface area contributed by atoms with Gasteiger partial charge in [0.1, 0.15) is 12.1 Å². The van der Waals surface area contributed by atoms with Crippen molar-refractivity contribution in [3.8, 4) is 11.3 Å². The van der Waals surface area contributed by atoms with Gasteiger partial charge in [0.2, 0.25) is 0 Å². The predicted molar refractivity (Wildman–Crippen MR) is 107 cm³/mol. The van der Waals surface area contributed by atoms with Crippen molar-refractivity contribution < 1.29 is 16.3 Å². The van der Waals surface area contributed by atoms with Gasteiger partial charge in [0, 0.05) is 30.4 Å². The number of aromatic nitrogens is 2. The second-order valence-corrected chi connectivity index (χ2v) is 8.16. The molecule has 0 bridgehead atoms. The fourth-order valence-electron chi connectivity index (χ4n) is 5.35. The van der Waals surface area contributed by atoms with Crippen molar-refractivity contribution in [3.05, 3.63) is 47.9 Å². The van der Waals surface area contributed by atoms with E-state index in [0.29, 0.717) is 31.4 Å². The fraction of sp³-hybridized carbons (Fsp3) is 0.500. The Bertz CT molecular complexity index is 1110. The minimum Gasteiger partial charge on any atom is -0.462 e. The standard InChI is InChI=1S/C22H26N4O2/c1-14-10-21(6-5-19(14)27-2)11-16-4-3-15(18-12-24-7-8-25-18)9-17(16)22(21)13-28-20(23)26-22/h3-4,7-9,12,14,19H,5-6,10-11,13H2,1-2H3,(H2,23,26)/t14-,19-,21-,22-/m0/s1/i2D3,13D2. The Morgan fingerprint density at radius 3 is 3.04 bits per heavy atom. The number of hydrogen-bond donors (Lipinski definition) is 1. The number of fused-ring (bicyclic) bond motifs is 3. The van der Waals surface area contributed by atoms with E-state index in [1.807, 2.05) is 25.1 Å². The summed E-state index contributed by atoms with van der Waals surface area (Å²) in [6.45, 7) is -0.210. The van der Waals surface area contributed by atoms with Gasteiger partial charge in [-0.1, -0.05) is 19.1 Å². The molecule has 2 aromatic rings. The summed E-state index contributed by atoms with van der Waals surface area (Å²) in [4.78, 5) is 13.2. The third-order valence-corrected chi connectivity index (χ3v) is 6.64. The van der Waals surface area contributed by atoms with Crippen LogP contribution < -0.4 is 5.73 Å². The van der Waals surface area contributed by atoms with Crippen molar-refractivity contribution in [3.63, 3.8) is 0 Å². The van der Waals surface area contributed by atoms with Crippen LogP contribution in [0.15, 0.2) is 41.8 Å². The van der Waals surface area contributed by atoms with Gasteiger partial charge in [-0.05, 0) is 48.8 Å². The number of amidine groups is 1. The second kappa shape index (κ2) is 6.27. The van der Waals surface area contributed by atoms with Crippen LogP contribution in [0.5, 0.6) is 0 Å². The van der Waals surface area contributed by atoms with Crippen molar-refractivity contribution in [1.29, 1.82) is 0 Å². The summed E-state index contributed by atoms with van der Waals surface area (Å²) in [5.74, 6) is -0.113. The maximum absolute atomic E-state index is 8.89. The maximum atomic E-state index is 8.89. The molecule has 1 saturated carbocycles. The molecule has 2 spiro atoms. The highest BCUT2D eigenvalue weighted by Gasteiger charge is 2.62. The van der Waals surface area contributed by atoms with Crippen LogP contribution in [0.3, 0.4) is 0 Å². The number of nitrogens with two attached hydrogens (primary N) is 1. The predicted octanol–water partition coefficient (Wildman–Crippen LogP) is 3.06. The van der Waals surface area contributed by atoms with Gasteiger partial charge in [-0.25, -0.2) is 4.99 Å². The quantitative estimate of drug-likeness (QED) is 0.862. The Labute approximate surface area is 172 Å². The van der Waals surface area contributed by atoms with E-state index in [0.717, 1.165) is 16.7 Å². The SMILES string of the molecule is [2H]C([2H])([2H])O[C@H]1CC[C@@]2(Cc3ccc(-c4cnccn4)cc3[C@]23N=C(N)OC3([2H])[2H])C[C@@H]1C. The monoisotopic (exact) mass is 383 g/mol. The first-order valence-electron chi connectivity index (χ1n) is 12.1. The Balaban J connectivity index is 1.62. The van der Waals surface area contributed by atoms with Gasteiger partial charge in [-0.2, -0.15) is 0 Å². The smallest absolute Gasteiger partial charge is 0.283 e. The van der Waals surface area contributed by atoms with Gasteiger partial charge in [0.05, 0.1) is 24.8 Å². The molecule has 1 fully saturated rings. The molecule has 1 aliphatic heterocycles. The second-order valence-electron chi connectivity index (χ2n) is 8.16. The summed E-state index contributed by atoms with van der Waals surface area (Å²) in [7, 11) is -2.47. The molecule has 2 heterocycles. The van der Waals surface area contributed by atoms with Gasteiger partial charge >= 0.3 is 0 Å². The number of methoxy groups -OCH3 is 1. The lowest BCUT2D eigenvalue weighted by atomic mass is 9.59. The average Bonchev–Trinajstić information content (AvgIpc) is 3.14. The molecule has 146 valence electrons. The lowest BCUT2D eigenvalue weighted by molar-refractivity contribution is -0.0445. The molecular weight excluding hydrogens is 352 g/mol. The van der Waals surface area contributed by atoms with E-state index in [2.05, 4.69) is 15.0 Å². The van der Waals surface area contributed by atoms with Crippen LogP contribution in [0.2, 0.25) is 0 Å². The van der Waals surface area contributed by atoms with Crippen LogP contribution in [-0.2, 0) is 21.4 Å². The van der Waals surface area contributed by atoms with Crippen molar-refractivity contribution in [2.75, 3.05) is 13.6 Å². The van der Waals surface area contributed by atoms with Crippen molar-refractivity contribution in [1.82, 2.24) is 9.97 Å². The molecule has 6 nitrogen and oxygen atoms in total. The first-order valence-corrected chi connectivity index (χ1v) is 9.58. The van der Waals surface area contributed by atoms with Crippen molar-refractivity contribution in [2.45, 2.75) is 44.2 Å². The summed E-state index contributed by atoms with van der Waals surface area (Å²) in [5.41, 5.74) is 7.19. The zero-order valence-electron chi connectivity index (χ0n) is 20.7. The van der Waals surface area contributed by atoms with Crippen LogP contribution in [0.4, 0.5) is 0 Å². The third kappa shape index (κ3) is 2.40. The largest absolute Gasteiger partial charge is 0.462 e. The number of ether oxygens (including phenoxy) is 2. The van der Waals surface area contributed by atoms with E-state index in [-0.39, 0.29) is 11.9 Å². The molecular formula is C22H26N4O2. The maximum Gasteiger partial charge on any atom is 0.283 e. The molecule has 2 N–H and O–H groups in total. The molecule has 0 unspecified atom stereocenters. The number of hydrogen-bond acceptors (Lipinski definition) is 6. The average molecular weight is 384 g/mol. The molecule has 1 aromatic heterocycles. The van der Waals surface area contributed by atoms with Crippen molar-refractivity contribution in [2.24, 2.45) is 22.1 Å². The Morgan fingerprint density at radius 1 is 1.39 bits per heavy atom. The molecule has 1 aromatic carbocycles. The first-order chi connectivity index (χ1) is 15.5. The Hall–Kier alpha value is -2.47. The van der Waals surface area contributed by atoms with Crippen molar-refractivity contribution >= 4 is 6.02 Å². The Morgan fingerprint density at radius 2 is 2.32 bits per heavy atom. The molecule has 0 radical (unpaired) electrons. The summed E-state index contributed by atoms with van der Waals surface area (Å²) >= 11 is 0. The van der Waals surface area contributed by atoms with Crippen LogP contribution in [-0.4, -0.2) is 35.7 Å². The minimum absolute atomic E-state index is 0.113. The number of rotatable bonds is 2. The molecule has 2 aliphatic carbocycles. The number of nitrogens with zero attached hydrogens (tertiary/aromatic N) is 3. The molecule has 0 saturated heterocycles. The summed E-state index contributed by atoms with van der Waals surface area (Å²) in [5, 5.41) is 0. The van der Waals surface area contributed by atoms with Crippen LogP contribution in [0.1, 0.15) is 44.2 Å². The lowest BCUT2D eigenvalue weighted by Crippen LogP contribution is -2.48. The molecule has 28 heavy (non-hydrogen) atoms. The summed E-state index contributed by atoms with van der Waals surface area (Å²) in [6, 6.07) is 5.70. The lowest BCUT2D eigenvalue weighted by Gasteiger charge is -2.47. The van der Waals surface area contributed by atoms with E-state index >= 15 is 0 Å². The fourth-order valence-corrected chi connectivity index (χ4v) is 5.35. The number of aliphatic imine (C=N–C) groups is 1. The molecule has 5 rings (SSSR count). The van der Waals surface area contributed by atoms with E-state index in [9.17, 15) is 0 Å². The highest BCUT2D eigenvalue weighted by molar-refractivity contribution is 5.75. The van der Waals surface area contributed by atoms with Gasteiger partial charge in [0.15, 0.2) is 0 Å². The van der Waals surface area contributed by atoms with Gasteiger partial charge in [0.25, 0.3) is 6.02 Å². The first kappa shape index (κ1) is 12.9. The van der Waals surface area contributed by atoms with Gasteiger partial charge in [-0.3, -0.25) is 9.97 Å². The topological polar surface area (TPSA) is 82.6 Å². The van der Waals surface area contributed by atoms with E-state index < -0.39 is 30.7 Å². The molecule has 6 heteroatoms. The van der Waals surface area contributed by atoms with E-state index in [1.165, 1.54) is 0 Å². The molecule has 4 atom stereocenters.